The Morgan fingerprint density at radius 2 is 2.14 bits per heavy atom. The van der Waals surface area contributed by atoms with Crippen LogP contribution in [0.1, 0.15) is 43.7 Å². The van der Waals surface area contributed by atoms with E-state index >= 15 is 0 Å². The van der Waals surface area contributed by atoms with Gasteiger partial charge in [-0.25, -0.2) is 4.98 Å². The third-order valence-corrected chi connectivity index (χ3v) is 4.62. The summed E-state index contributed by atoms with van der Waals surface area (Å²) >= 11 is 6.17. The predicted octanol–water partition coefficient (Wildman–Crippen LogP) is 2.73. The summed E-state index contributed by atoms with van der Waals surface area (Å²) in [5, 5.41) is 4.67. The van der Waals surface area contributed by atoms with E-state index in [0.717, 1.165) is 42.1 Å². The Labute approximate surface area is 130 Å². The SMILES string of the molecule is CCCc1nn(C)c2c1nc(CCl)n2C1CCCN(C)C1. The zero-order valence-electron chi connectivity index (χ0n) is 13.1. The molecule has 0 spiro atoms. The van der Waals surface area contributed by atoms with Gasteiger partial charge in [0.15, 0.2) is 5.65 Å². The van der Waals surface area contributed by atoms with Crippen LogP contribution in [0.4, 0.5) is 0 Å². The van der Waals surface area contributed by atoms with Gasteiger partial charge >= 0.3 is 0 Å². The molecular weight excluding hydrogens is 286 g/mol. The Hall–Kier alpha value is -1.07. The quantitative estimate of drug-likeness (QED) is 0.815. The van der Waals surface area contributed by atoms with E-state index in [1.165, 1.54) is 19.4 Å². The molecule has 5 nitrogen and oxygen atoms in total. The van der Waals surface area contributed by atoms with Crippen molar-refractivity contribution in [3.8, 4) is 0 Å². The first-order valence-electron chi connectivity index (χ1n) is 7.82. The molecule has 1 aliphatic heterocycles. The minimum absolute atomic E-state index is 0.451. The topological polar surface area (TPSA) is 38.9 Å². The average molecular weight is 310 g/mol. The number of fused-ring (bicyclic) bond motifs is 1. The van der Waals surface area contributed by atoms with Crippen LogP contribution >= 0.6 is 11.6 Å². The lowest BCUT2D eigenvalue weighted by molar-refractivity contribution is 0.212. The minimum Gasteiger partial charge on any atom is -0.307 e. The maximum absolute atomic E-state index is 6.17. The zero-order chi connectivity index (χ0) is 15.0. The molecule has 1 unspecified atom stereocenters. The minimum atomic E-state index is 0.451. The number of hydrogen-bond acceptors (Lipinski definition) is 3. The number of piperidine rings is 1. The van der Waals surface area contributed by atoms with Crippen LogP contribution in [0.5, 0.6) is 0 Å². The maximum Gasteiger partial charge on any atom is 0.159 e. The molecule has 3 heterocycles. The van der Waals surface area contributed by atoms with Gasteiger partial charge in [0.05, 0.1) is 11.6 Å². The Balaban J connectivity index is 2.11. The Kier molecular flexibility index (Phi) is 4.22. The van der Waals surface area contributed by atoms with E-state index in [1.807, 2.05) is 11.7 Å². The van der Waals surface area contributed by atoms with Gasteiger partial charge in [0.1, 0.15) is 11.3 Å². The molecule has 0 amide bonds. The van der Waals surface area contributed by atoms with Gasteiger partial charge in [-0.05, 0) is 32.9 Å². The van der Waals surface area contributed by atoms with Gasteiger partial charge < -0.3 is 9.47 Å². The zero-order valence-corrected chi connectivity index (χ0v) is 13.9. The molecule has 2 aromatic heterocycles. The molecule has 1 atom stereocenters. The largest absolute Gasteiger partial charge is 0.307 e. The van der Waals surface area contributed by atoms with Gasteiger partial charge in [-0.15, -0.1) is 11.6 Å². The van der Waals surface area contributed by atoms with Crippen molar-refractivity contribution in [2.75, 3.05) is 20.1 Å². The van der Waals surface area contributed by atoms with Crippen LogP contribution in [0.25, 0.3) is 11.2 Å². The van der Waals surface area contributed by atoms with Crippen LogP contribution in [0.15, 0.2) is 0 Å². The van der Waals surface area contributed by atoms with Crippen LogP contribution in [0.3, 0.4) is 0 Å². The van der Waals surface area contributed by atoms with Crippen LogP contribution in [0, 0.1) is 0 Å². The lowest BCUT2D eigenvalue weighted by Gasteiger charge is -2.31. The Bertz CT molecular complexity index is 630. The normalized spacial score (nSPS) is 20.5. The van der Waals surface area contributed by atoms with E-state index < -0.39 is 0 Å². The fourth-order valence-electron chi connectivity index (χ4n) is 3.48. The number of aromatic nitrogens is 4. The summed E-state index contributed by atoms with van der Waals surface area (Å²) in [6, 6.07) is 0.451. The highest BCUT2D eigenvalue weighted by molar-refractivity contribution is 6.16. The van der Waals surface area contributed by atoms with Crippen molar-refractivity contribution in [3.63, 3.8) is 0 Å². The number of hydrogen-bond donors (Lipinski definition) is 0. The van der Waals surface area contributed by atoms with E-state index in [-0.39, 0.29) is 0 Å². The second-order valence-corrected chi connectivity index (χ2v) is 6.35. The summed E-state index contributed by atoms with van der Waals surface area (Å²) in [5.74, 6) is 1.44. The van der Waals surface area contributed by atoms with Gasteiger partial charge in [-0.1, -0.05) is 13.3 Å². The molecule has 1 aliphatic rings. The van der Waals surface area contributed by atoms with Crippen molar-refractivity contribution in [2.24, 2.45) is 7.05 Å². The molecule has 116 valence electrons. The number of halogens is 1. The smallest absolute Gasteiger partial charge is 0.159 e. The van der Waals surface area contributed by atoms with Crippen molar-refractivity contribution in [2.45, 2.75) is 44.5 Å². The molecule has 21 heavy (non-hydrogen) atoms. The van der Waals surface area contributed by atoms with Crippen molar-refractivity contribution in [3.05, 3.63) is 11.5 Å². The summed E-state index contributed by atoms with van der Waals surface area (Å²) in [6.45, 7) is 4.41. The second kappa shape index (κ2) is 5.97. The summed E-state index contributed by atoms with van der Waals surface area (Å²) in [5.41, 5.74) is 3.28. The number of aryl methyl sites for hydroxylation is 2. The first-order chi connectivity index (χ1) is 10.2. The number of rotatable bonds is 4. The standard InChI is InChI=1S/C15H24ClN5/c1-4-6-12-14-15(20(3)18-12)21(13(9-16)17-14)11-7-5-8-19(2)10-11/h11H,4-10H2,1-3H3. The third kappa shape index (κ3) is 2.57. The molecule has 0 N–H and O–H groups in total. The lowest BCUT2D eigenvalue weighted by Crippen LogP contribution is -2.34. The van der Waals surface area contributed by atoms with Gasteiger partial charge in [0.25, 0.3) is 0 Å². The van der Waals surface area contributed by atoms with E-state index in [9.17, 15) is 0 Å². The van der Waals surface area contributed by atoms with E-state index in [0.29, 0.717) is 11.9 Å². The van der Waals surface area contributed by atoms with E-state index in [4.69, 9.17) is 16.6 Å². The van der Waals surface area contributed by atoms with Gasteiger partial charge in [-0.3, -0.25) is 4.68 Å². The number of imidazole rings is 1. The molecule has 3 rings (SSSR count). The Morgan fingerprint density at radius 1 is 1.33 bits per heavy atom. The molecule has 1 saturated heterocycles. The van der Waals surface area contributed by atoms with Crippen molar-refractivity contribution in [1.29, 1.82) is 0 Å². The van der Waals surface area contributed by atoms with Gasteiger partial charge in [-0.2, -0.15) is 5.10 Å². The summed E-state index contributed by atoms with van der Waals surface area (Å²) in [4.78, 5) is 7.19. The van der Waals surface area contributed by atoms with Crippen molar-refractivity contribution < 1.29 is 0 Å². The fourth-order valence-corrected chi connectivity index (χ4v) is 3.67. The predicted molar refractivity (Wildman–Crippen MR) is 85.8 cm³/mol. The molecule has 0 bridgehead atoms. The number of likely N-dealkylation sites (tertiary alicyclic amines) is 1. The first kappa shape index (κ1) is 14.9. The number of nitrogens with zero attached hydrogens (tertiary/aromatic N) is 5. The molecular formula is C15H24ClN5. The monoisotopic (exact) mass is 309 g/mol. The van der Waals surface area contributed by atoms with Crippen LogP contribution < -0.4 is 0 Å². The van der Waals surface area contributed by atoms with Crippen LogP contribution in [0.2, 0.25) is 0 Å². The number of likely N-dealkylation sites (N-methyl/N-ethyl adjacent to an activating group) is 1. The first-order valence-corrected chi connectivity index (χ1v) is 8.36. The molecule has 1 fully saturated rings. The van der Waals surface area contributed by atoms with Gasteiger partial charge in [0, 0.05) is 19.6 Å². The number of alkyl halides is 1. The van der Waals surface area contributed by atoms with Crippen molar-refractivity contribution >= 4 is 22.8 Å². The van der Waals surface area contributed by atoms with Crippen LogP contribution in [-0.4, -0.2) is 44.4 Å². The Morgan fingerprint density at radius 3 is 2.81 bits per heavy atom. The highest BCUT2D eigenvalue weighted by atomic mass is 35.5. The molecule has 0 radical (unpaired) electrons. The third-order valence-electron chi connectivity index (χ3n) is 4.38. The second-order valence-electron chi connectivity index (χ2n) is 6.08. The molecule has 0 aliphatic carbocycles. The van der Waals surface area contributed by atoms with E-state index in [2.05, 4.69) is 28.5 Å². The molecule has 0 aromatic carbocycles. The summed E-state index contributed by atoms with van der Waals surface area (Å²) in [6.07, 6.45) is 4.47. The maximum atomic E-state index is 6.17. The average Bonchev–Trinajstić information content (AvgIpc) is 2.98. The fraction of sp³-hybridized carbons (Fsp3) is 0.733. The highest BCUT2D eigenvalue weighted by Gasteiger charge is 2.26. The van der Waals surface area contributed by atoms with Gasteiger partial charge in [0.2, 0.25) is 0 Å². The van der Waals surface area contributed by atoms with E-state index in [1.54, 1.807) is 0 Å². The summed E-state index contributed by atoms with van der Waals surface area (Å²) < 4.78 is 4.32. The van der Waals surface area contributed by atoms with Crippen LogP contribution in [-0.2, 0) is 19.3 Å². The molecule has 0 saturated carbocycles. The lowest BCUT2D eigenvalue weighted by atomic mass is 10.1. The van der Waals surface area contributed by atoms with Crippen molar-refractivity contribution in [1.82, 2.24) is 24.2 Å². The molecule has 6 heteroatoms. The highest BCUT2D eigenvalue weighted by Crippen LogP contribution is 2.29. The summed E-state index contributed by atoms with van der Waals surface area (Å²) in [7, 11) is 4.20. The molecule has 2 aromatic rings.